The first-order valence-electron chi connectivity index (χ1n) is 15.1. The predicted molar refractivity (Wildman–Crippen MR) is 149 cm³/mol. The van der Waals surface area contributed by atoms with Gasteiger partial charge in [-0.3, -0.25) is 9.59 Å². The van der Waals surface area contributed by atoms with Crippen molar-refractivity contribution in [3.63, 3.8) is 0 Å². The zero-order valence-corrected chi connectivity index (χ0v) is 24.6. The minimum absolute atomic E-state index is 0.0243. The maximum atomic E-state index is 14.4. The van der Waals surface area contributed by atoms with Gasteiger partial charge >= 0.3 is 0 Å². The molecule has 10 heteroatoms. The molecule has 3 N–H and O–H groups in total. The summed E-state index contributed by atoms with van der Waals surface area (Å²) in [4.78, 5) is 33.8. The van der Waals surface area contributed by atoms with Crippen molar-refractivity contribution in [1.29, 1.82) is 0 Å². The van der Waals surface area contributed by atoms with Crippen molar-refractivity contribution in [1.82, 2.24) is 30.5 Å². The molecule has 2 amide bonds. The van der Waals surface area contributed by atoms with Gasteiger partial charge in [-0.05, 0) is 38.3 Å². The number of piperazine rings is 1. The zero-order valence-electron chi connectivity index (χ0n) is 24.6. The molecule has 4 aliphatic rings. The topological polar surface area (TPSA) is 91.4 Å². The molecule has 0 radical (unpaired) electrons. The van der Waals surface area contributed by atoms with Crippen LogP contribution in [-0.4, -0.2) is 139 Å². The Morgan fingerprint density at radius 2 is 1.66 bits per heavy atom. The van der Waals surface area contributed by atoms with Gasteiger partial charge in [-0.25, -0.2) is 0 Å². The number of aliphatic hydroxyl groups is 1. The van der Waals surface area contributed by atoms with Gasteiger partial charge < -0.3 is 25.1 Å². The molecule has 4 atom stereocenters. The Balaban J connectivity index is 1.59. The molecule has 1 spiro atoms. The van der Waals surface area contributed by atoms with Gasteiger partial charge in [0.1, 0.15) is 25.2 Å². The summed E-state index contributed by atoms with van der Waals surface area (Å²) < 4.78 is 0.669. The van der Waals surface area contributed by atoms with Gasteiger partial charge in [-0.1, -0.05) is 27.2 Å². The number of likely N-dealkylation sites (N-methyl/N-ethyl adjacent to an activating group) is 2. The van der Waals surface area contributed by atoms with Gasteiger partial charge in [0.15, 0.2) is 0 Å². The third-order valence-electron chi connectivity index (χ3n) is 9.23. The molecule has 0 bridgehead atoms. The summed E-state index contributed by atoms with van der Waals surface area (Å²) in [6.07, 6.45) is 6.72. The Morgan fingerprint density at radius 3 is 2.26 bits per heavy atom. The summed E-state index contributed by atoms with van der Waals surface area (Å²) in [7, 11) is 3.80. The standard InChI is InChI=1S/C28H53N7O3/c1-28(2,3)25(27(38)33-21-23(36)19-24(33)26(37)29-4)34-20-22(11-12-32-15-13-31(5)14-16-32)30-35(34)17-9-7-6-8-10-18-35/h22-25,30,36H,6-21H2,1-5H3/p+1/t22?,23-,24+,25-/m1/s1. The summed E-state index contributed by atoms with van der Waals surface area (Å²) in [6.45, 7) is 15.0. The fourth-order valence-corrected chi connectivity index (χ4v) is 7.08. The molecule has 38 heavy (non-hydrogen) atoms. The predicted octanol–water partition coefficient (Wildman–Crippen LogP) is 0.631. The molecule has 0 aromatic carbocycles. The third-order valence-corrected chi connectivity index (χ3v) is 9.23. The van der Waals surface area contributed by atoms with Crippen molar-refractivity contribution in [2.75, 3.05) is 73.0 Å². The molecule has 4 fully saturated rings. The number of aliphatic hydroxyl groups excluding tert-OH is 1. The van der Waals surface area contributed by atoms with Crippen LogP contribution in [0.5, 0.6) is 0 Å². The van der Waals surface area contributed by atoms with Gasteiger partial charge in [0.2, 0.25) is 11.8 Å². The number of hydrogen-bond donors (Lipinski definition) is 3. The van der Waals surface area contributed by atoms with E-state index in [1.54, 1.807) is 11.9 Å². The number of rotatable bonds is 6. The first-order chi connectivity index (χ1) is 18.0. The Hall–Kier alpha value is -1.30. The molecule has 0 aliphatic carbocycles. The number of amides is 2. The first-order valence-corrected chi connectivity index (χ1v) is 15.1. The second-order valence-electron chi connectivity index (χ2n) is 13.3. The van der Waals surface area contributed by atoms with Gasteiger partial charge in [0.25, 0.3) is 0 Å². The highest BCUT2D eigenvalue weighted by molar-refractivity contribution is 5.90. The lowest BCUT2D eigenvalue weighted by Gasteiger charge is -2.47. The van der Waals surface area contributed by atoms with Crippen molar-refractivity contribution in [2.24, 2.45) is 5.41 Å². The molecule has 218 valence electrons. The lowest BCUT2D eigenvalue weighted by Crippen LogP contribution is -2.70. The van der Waals surface area contributed by atoms with Crippen LogP contribution in [0, 0.1) is 5.41 Å². The zero-order chi connectivity index (χ0) is 27.5. The fraction of sp³-hybridized carbons (Fsp3) is 0.929. The Kier molecular flexibility index (Phi) is 9.74. The minimum atomic E-state index is -0.667. The third kappa shape index (κ3) is 6.70. The lowest BCUT2D eigenvalue weighted by molar-refractivity contribution is -1.06. The number of quaternary nitrogens is 1. The molecule has 4 aliphatic heterocycles. The highest BCUT2D eigenvalue weighted by Crippen LogP contribution is 2.36. The van der Waals surface area contributed by atoms with E-state index < -0.39 is 12.1 Å². The number of carbonyl (C=O) groups excluding carboxylic acids is 2. The Labute approximate surface area is 230 Å². The monoisotopic (exact) mass is 536 g/mol. The van der Waals surface area contributed by atoms with Crippen LogP contribution in [0.2, 0.25) is 0 Å². The second-order valence-corrected chi connectivity index (χ2v) is 13.3. The molecule has 4 saturated heterocycles. The summed E-state index contributed by atoms with van der Waals surface area (Å²) in [5.41, 5.74) is 3.72. The van der Waals surface area contributed by atoms with Crippen LogP contribution >= 0.6 is 0 Å². The van der Waals surface area contributed by atoms with Crippen molar-refractivity contribution in [2.45, 2.75) is 89.9 Å². The first kappa shape index (κ1) is 29.7. The normalized spacial score (nSPS) is 30.8. The highest BCUT2D eigenvalue weighted by atomic mass is 16.3. The van der Waals surface area contributed by atoms with Crippen LogP contribution in [0.3, 0.4) is 0 Å². The summed E-state index contributed by atoms with van der Waals surface area (Å²) in [6, 6.07) is -0.692. The van der Waals surface area contributed by atoms with Crippen LogP contribution in [0.15, 0.2) is 0 Å². The second kappa shape index (κ2) is 12.5. The SMILES string of the molecule is CNC(=O)[C@@H]1C[C@@H](O)CN1C(=O)[C@@H](N1CC(CCN2CCN(C)CC2)N[N+]12CCCCCCC2)C(C)(C)C. The molecule has 1 unspecified atom stereocenters. The molecule has 0 aromatic rings. The van der Waals surface area contributed by atoms with E-state index in [1.807, 2.05) is 0 Å². The van der Waals surface area contributed by atoms with Gasteiger partial charge in [-0.15, -0.1) is 10.4 Å². The molecular weight excluding hydrogens is 482 g/mol. The average molecular weight is 537 g/mol. The summed E-state index contributed by atoms with van der Waals surface area (Å²) >= 11 is 0. The Morgan fingerprint density at radius 1 is 1.03 bits per heavy atom. The van der Waals surface area contributed by atoms with Crippen molar-refractivity contribution >= 4 is 11.8 Å². The molecule has 4 rings (SSSR count). The smallest absolute Gasteiger partial charge is 0.246 e. The highest BCUT2D eigenvalue weighted by Gasteiger charge is 2.56. The molecule has 10 nitrogen and oxygen atoms in total. The van der Waals surface area contributed by atoms with Crippen LogP contribution in [0.4, 0.5) is 0 Å². The van der Waals surface area contributed by atoms with E-state index >= 15 is 0 Å². The fourth-order valence-electron chi connectivity index (χ4n) is 7.08. The number of likely N-dealkylation sites (tertiary alicyclic amines) is 1. The van der Waals surface area contributed by atoms with E-state index in [2.05, 4.69) is 53.4 Å². The van der Waals surface area contributed by atoms with Crippen LogP contribution in [0.1, 0.15) is 65.7 Å². The van der Waals surface area contributed by atoms with E-state index in [0.717, 1.165) is 71.6 Å². The quantitative estimate of drug-likeness (QED) is 0.429. The van der Waals surface area contributed by atoms with Gasteiger partial charge in [0.05, 0.1) is 18.7 Å². The van der Waals surface area contributed by atoms with E-state index in [-0.39, 0.29) is 29.8 Å². The molecule has 4 heterocycles. The minimum Gasteiger partial charge on any atom is -0.391 e. The molecular formula is C28H54N7O3+. The Bertz CT molecular complexity index is 803. The lowest BCUT2D eigenvalue weighted by atomic mass is 9.84. The number of nitrogens with one attached hydrogen (secondary N) is 2. The van der Waals surface area contributed by atoms with E-state index in [1.165, 1.54) is 19.3 Å². The van der Waals surface area contributed by atoms with Gasteiger partial charge in [-0.2, -0.15) is 4.70 Å². The van der Waals surface area contributed by atoms with E-state index in [9.17, 15) is 14.7 Å². The maximum absolute atomic E-state index is 14.4. The van der Waals surface area contributed by atoms with E-state index in [0.29, 0.717) is 17.2 Å². The maximum Gasteiger partial charge on any atom is 0.246 e. The summed E-state index contributed by atoms with van der Waals surface area (Å²) in [5, 5.41) is 15.6. The average Bonchev–Trinajstić information content (AvgIpc) is 3.41. The van der Waals surface area contributed by atoms with Crippen molar-refractivity contribution in [3.05, 3.63) is 0 Å². The largest absolute Gasteiger partial charge is 0.391 e. The summed E-state index contributed by atoms with van der Waals surface area (Å²) in [5.74, 6) is -0.217. The van der Waals surface area contributed by atoms with Crippen molar-refractivity contribution < 1.29 is 19.4 Å². The molecule has 0 saturated carbocycles. The number of hydrogen-bond acceptors (Lipinski definition) is 7. The van der Waals surface area contributed by atoms with Gasteiger partial charge in [0, 0.05) is 59.0 Å². The van der Waals surface area contributed by atoms with Crippen LogP contribution in [-0.2, 0) is 9.59 Å². The number of carbonyl (C=O) groups is 2. The van der Waals surface area contributed by atoms with Crippen LogP contribution in [0.25, 0.3) is 0 Å². The van der Waals surface area contributed by atoms with Crippen molar-refractivity contribution in [3.8, 4) is 0 Å². The molecule has 0 aromatic heterocycles. The number of β-amino-alcohol motifs (C(OH)–C–C–N with tert-alkyl or cyclic N) is 1. The number of nitrogens with zero attached hydrogens (tertiary/aromatic N) is 5. The van der Waals surface area contributed by atoms with Crippen LogP contribution < -0.4 is 10.7 Å². The van der Waals surface area contributed by atoms with E-state index in [4.69, 9.17) is 0 Å².